The van der Waals surface area contributed by atoms with Crippen LogP contribution in [0.2, 0.25) is 0 Å². The zero-order chi connectivity index (χ0) is 15.8. The van der Waals surface area contributed by atoms with Gasteiger partial charge >= 0.3 is 6.18 Å². The first-order chi connectivity index (χ1) is 9.70. The molecular formula is C14H11F3N2O2. The van der Waals surface area contributed by atoms with E-state index in [4.69, 9.17) is 0 Å². The van der Waals surface area contributed by atoms with Gasteiger partial charge in [0.15, 0.2) is 11.5 Å². The third kappa shape index (κ3) is 3.01. The average Bonchev–Trinajstić information content (AvgIpc) is 2.37. The predicted octanol–water partition coefficient (Wildman–Crippen LogP) is 2.76. The maximum atomic E-state index is 12.5. The second kappa shape index (κ2) is 5.16. The number of Topliss-reactive ketones (excluding diaryl/α,β-unsaturated/α-hetero) is 1. The third-order valence-electron chi connectivity index (χ3n) is 2.88. The monoisotopic (exact) mass is 296 g/mol. The first-order valence-corrected chi connectivity index (χ1v) is 5.99. The largest absolute Gasteiger partial charge is 0.416 e. The number of rotatable bonds is 2. The van der Waals surface area contributed by atoms with Crippen LogP contribution in [-0.2, 0) is 6.18 Å². The van der Waals surface area contributed by atoms with E-state index in [1.165, 1.54) is 29.8 Å². The van der Waals surface area contributed by atoms with Crippen molar-refractivity contribution in [2.24, 2.45) is 0 Å². The Morgan fingerprint density at radius 2 is 1.76 bits per heavy atom. The molecule has 4 nitrogen and oxygen atoms in total. The van der Waals surface area contributed by atoms with Crippen molar-refractivity contribution in [1.82, 2.24) is 9.78 Å². The smallest absolute Gasteiger partial charge is 0.293 e. The molecule has 0 aliphatic rings. The first-order valence-electron chi connectivity index (χ1n) is 5.99. The fourth-order valence-electron chi connectivity index (χ4n) is 1.84. The summed E-state index contributed by atoms with van der Waals surface area (Å²) in [6.45, 7) is 2.78. The van der Waals surface area contributed by atoms with Gasteiger partial charge in [-0.25, -0.2) is 4.68 Å². The number of aromatic nitrogens is 2. The Labute approximate surface area is 117 Å². The number of hydrogen-bond donors (Lipinski definition) is 0. The molecule has 0 fully saturated rings. The molecule has 1 aromatic carbocycles. The lowest BCUT2D eigenvalue weighted by Gasteiger charge is -2.12. The zero-order valence-electron chi connectivity index (χ0n) is 11.2. The molecule has 0 unspecified atom stereocenters. The molecule has 0 aliphatic carbocycles. The van der Waals surface area contributed by atoms with Crippen LogP contribution in [0, 0.1) is 6.92 Å². The molecular weight excluding hydrogens is 285 g/mol. The van der Waals surface area contributed by atoms with Crippen molar-refractivity contribution in [3.8, 4) is 5.69 Å². The summed E-state index contributed by atoms with van der Waals surface area (Å²) in [6.07, 6.45) is -4.42. The van der Waals surface area contributed by atoms with Gasteiger partial charge in [0, 0.05) is 18.7 Å². The van der Waals surface area contributed by atoms with E-state index in [2.05, 4.69) is 5.10 Å². The molecule has 7 heteroatoms. The third-order valence-corrected chi connectivity index (χ3v) is 2.88. The molecule has 0 radical (unpaired) electrons. The molecule has 2 aromatic rings. The summed E-state index contributed by atoms with van der Waals surface area (Å²) in [6, 6.07) is 5.53. The molecule has 1 aromatic heterocycles. The number of hydrogen-bond acceptors (Lipinski definition) is 3. The van der Waals surface area contributed by atoms with Gasteiger partial charge < -0.3 is 0 Å². The number of halogens is 3. The average molecular weight is 296 g/mol. The van der Waals surface area contributed by atoms with Gasteiger partial charge in [0.25, 0.3) is 0 Å². The number of alkyl halides is 3. The van der Waals surface area contributed by atoms with Gasteiger partial charge in [-0.15, -0.1) is 0 Å². The zero-order valence-corrected chi connectivity index (χ0v) is 11.2. The highest BCUT2D eigenvalue weighted by molar-refractivity contribution is 5.91. The van der Waals surface area contributed by atoms with Crippen LogP contribution in [0.15, 0.2) is 35.1 Å². The molecule has 110 valence electrons. The van der Waals surface area contributed by atoms with Gasteiger partial charge in [-0.3, -0.25) is 9.59 Å². The fourth-order valence-corrected chi connectivity index (χ4v) is 1.84. The summed E-state index contributed by atoms with van der Waals surface area (Å²) in [5.74, 6) is -0.499. The molecule has 0 bridgehead atoms. The molecule has 0 N–H and O–H groups in total. The van der Waals surface area contributed by atoms with Gasteiger partial charge in [0.05, 0.1) is 11.3 Å². The Morgan fingerprint density at radius 3 is 2.24 bits per heavy atom. The number of benzene rings is 1. The summed E-state index contributed by atoms with van der Waals surface area (Å²) in [5.41, 5.74) is -0.784. The van der Waals surface area contributed by atoms with E-state index in [1.807, 2.05) is 0 Å². The number of carbonyl (C=O) groups is 1. The van der Waals surface area contributed by atoms with Crippen molar-refractivity contribution in [3.05, 3.63) is 57.5 Å². The van der Waals surface area contributed by atoms with Crippen molar-refractivity contribution in [2.75, 3.05) is 0 Å². The van der Waals surface area contributed by atoms with Crippen LogP contribution in [0.3, 0.4) is 0 Å². The topological polar surface area (TPSA) is 52.0 Å². The van der Waals surface area contributed by atoms with Crippen molar-refractivity contribution in [1.29, 1.82) is 0 Å². The minimum atomic E-state index is -4.42. The van der Waals surface area contributed by atoms with E-state index < -0.39 is 23.0 Å². The number of aryl methyl sites for hydroxylation is 1. The molecule has 0 saturated heterocycles. The molecule has 0 amide bonds. The van der Waals surface area contributed by atoms with Crippen LogP contribution in [0.25, 0.3) is 5.69 Å². The van der Waals surface area contributed by atoms with Crippen LogP contribution in [0.5, 0.6) is 0 Å². The lowest BCUT2D eigenvalue weighted by atomic mass is 10.2. The number of carbonyl (C=O) groups excluding carboxylic acids is 1. The SMILES string of the molecule is CC(=O)c1nn(-c2ccc(C(F)(F)F)cc2)c(C)cc1=O. The van der Waals surface area contributed by atoms with Crippen LogP contribution in [0.1, 0.15) is 28.7 Å². The highest BCUT2D eigenvalue weighted by atomic mass is 19.4. The Balaban J connectivity index is 2.54. The second-order valence-electron chi connectivity index (χ2n) is 4.51. The number of nitrogens with zero attached hydrogens (tertiary/aromatic N) is 2. The lowest BCUT2D eigenvalue weighted by Crippen LogP contribution is -2.21. The van der Waals surface area contributed by atoms with E-state index >= 15 is 0 Å². The Hall–Kier alpha value is -2.44. The van der Waals surface area contributed by atoms with Crippen LogP contribution >= 0.6 is 0 Å². The normalized spacial score (nSPS) is 11.5. The molecule has 21 heavy (non-hydrogen) atoms. The molecule has 0 saturated carbocycles. The lowest BCUT2D eigenvalue weighted by molar-refractivity contribution is -0.137. The van der Waals surface area contributed by atoms with E-state index in [0.29, 0.717) is 11.4 Å². The predicted molar refractivity (Wildman–Crippen MR) is 69.6 cm³/mol. The van der Waals surface area contributed by atoms with Crippen molar-refractivity contribution < 1.29 is 18.0 Å². The van der Waals surface area contributed by atoms with E-state index in [-0.39, 0.29) is 5.69 Å². The van der Waals surface area contributed by atoms with Gasteiger partial charge in [-0.05, 0) is 31.2 Å². The van der Waals surface area contributed by atoms with Crippen LogP contribution < -0.4 is 5.43 Å². The van der Waals surface area contributed by atoms with Crippen molar-refractivity contribution >= 4 is 5.78 Å². The minimum absolute atomic E-state index is 0.250. The Morgan fingerprint density at radius 1 is 1.19 bits per heavy atom. The van der Waals surface area contributed by atoms with E-state index in [0.717, 1.165) is 12.1 Å². The van der Waals surface area contributed by atoms with Gasteiger partial charge in [0.1, 0.15) is 0 Å². The molecule has 0 spiro atoms. The standard InChI is InChI=1S/C14H11F3N2O2/c1-8-7-12(21)13(9(2)20)18-19(8)11-5-3-10(4-6-11)14(15,16)17/h3-7H,1-2H3. The summed E-state index contributed by atoms with van der Waals surface area (Å²) < 4.78 is 38.8. The second-order valence-corrected chi connectivity index (χ2v) is 4.51. The van der Waals surface area contributed by atoms with Crippen molar-refractivity contribution in [2.45, 2.75) is 20.0 Å². The molecule has 0 aliphatic heterocycles. The van der Waals surface area contributed by atoms with Crippen LogP contribution in [0.4, 0.5) is 13.2 Å². The van der Waals surface area contributed by atoms with Crippen LogP contribution in [-0.4, -0.2) is 15.6 Å². The molecule has 2 rings (SSSR count). The molecule has 1 heterocycles. The van der Waals surface area contributed by atoms with Gasteiger partial charge in [0.2, 0.25) is 5.43 Å². The Bertz CT molecular complexity index is 746. The van der Waals surface area contributed by atoms with E-state index in [9.17, 15) is 22.8 Å². The summed E-state index contributed by atoms with van der Waals surface area (Å²) in [7, 11) is 0. The maximum Gasteiger partial charge on any atom is 0.416 e. The van der Waals surface area contributed by atoms with E-state index in [1.54, 1.807) is 6.92 Å². The maximum absolute atomic E-state index is 12.5. The van der Waals surface area contributed by atoms with Crippen molar-refractivity contribution in [3.63, 3.8) is 0 Å². The van der Waals surface area contributed by atoms with Gasteiger partial charge in [-0.2, -0.15) is 18.3 Å². The fraction of sp³-hybridized carbons (Fsp3) is 0.214. The highest BCUT2D eigenvalue weighted by Crippen LogP contribution is 2.29. The molecule has 0 atom stereocenters. The number of ketones is 1. The minimum Gasteiger partial charge on any atom is -0.293 e. The quantitative estimate of drug-likeness (QED) is 0.801. The summed E-state index contributed by atoms with van der Waals surface area (Å²) in [4.78, 5) is 22.9. The Kier molecular flexibility index (Phi) is 3.67. The summed E-state index contributed by atoms with van der Waals surface area (Å²) in [5, 5.41) is 3.91. The highest BCUT2D eigenvalue weighted by Gasteiger charge is 2.30. The van der Waals surface area contributed by atoms with Gasteiger partial charge in [-0.1, -0.05) is 0 Å². The summed E-state index contributed by atoms with van der Waals surface area (Å²) >= 11 is 0. The first kappa shape index (κ1) is 15.0.